The molecule has 63 heavy (non-hydrogen) atoms. The Bertz CT molecular complexity index is 1840. The first kappa shape index (κ1) is 59.2. The van der Waals surface area contributed by atoms with Crippen LogP contribution in [0.25, 0.3) is 0 Å². The molecule has 4 aliphatic rings. The third-order valence-electron chi connectivity index (χ3n) is 8.29. The molecule has 1 N–H and O–H groups in total. The van der Waals surface area contributed by atoms with Gasteiger partial charge in [0, 0.05) is 104 Å². The first-order valence-corrected chi connectivity index (χ1v) is 30.8. The molecule has 342 valence electrons. The van der Waals surface area contributed by atoms with Crippen LogP contribution in [0.1, 0.15) is 85.3 Å². The van der Waals surface area contributed by atoms with Gasteiger partial charge >= 0.3 is 52.8 Å². The number of halogens is 6. The van der Waals surface area contributed by atoms with Gasteiger partial charge in [0.2, 0.25) is 17.8 Å². The van der Waals surface area contributed by atoms with E-state index in [-0.39, 0.29) is 60.8 Å². The molecule has 3 aromatic rings. The minimum Gasteiger partial charge on any atom is 0 e. The molecule has 0 spiro atoms. The summed E-state index contributed by atoms with van der Waals surface area (Å²) in [6, 6.07) is 9.54. The van der Waals surface area contributed by atoms with E-state index in [2.05, 4.69) is 78.5 Å². The van der Waals surface area contributed by atoms with Crippen molar-refractivity contribution in [2.75, 3.05) is 52.4 Å². The van der Waals surface area contributed by atoms with E-state index in [1.165, 1.54) is 51.6 Å². The Kier molecular flexibility index (Phi) is 26.7. The van der Waals surface area contributed by atoms with Gasteiger partial charge in [-0.25, -0.2) is 29.3 Å². The number of carbonyl (C=O) groups excluding carboxylic acids is 3. The molecule has 0 saturated carbocycles. The average molecular weight is 1280 g/mol. The molecule has 0 aromatic carbocycles. The van der Waals surface area contributed by atoms with E-state index >= 15 is 0 Å². The molecule has 4 aliphatic heterocycles. The van der Waals surface area contributed by atoms with Crippen molar-refractivity contribution >= 4 is 76.6 Å². The molecule has 13 nitrogen and oxygen atoms in total. The van der Waals surface area contributed by atoms with Crippen LogP contribution >= 0.6 is 58.3 Å². The number of alkyl halides is 1. The maximum absolute atomic E-state index is 12.9. The van der Waals surface area contributed by atoms with Gasteiger partial charge in [0.15, 0.2) is 0 Å². The summed E-state index contributed by atoms with van der Waals surface area (Å²) >= 11 is 9.03. The summed E-state index contributed by atoms with van der Waals surface area (Å²) in [7, 11) is 0. The summed E-state index contributed by atoms with van der Waals surface area (Å²) in [5, 5.41) is 3.14. The van der Waals surface area contributed by atoms with Crippen LogP contribution in [0.5, 0.6) is 0 Å². The molecule has 4 fully saturated rings. The van der Waals surface area contributed by atoms with E-state index in [1.54, 1.807) is 26.8 Å². The zero-order chi connectivity index (χ0) is 46.8. The molecule has 7 rings (SSSR count). The first-order chi connectivity index (χ1) is 28.9. The SMILES string of the molecule is CC(C)(C)OC(=O)N1CC(I)C1.CC(C)(C)OC(=O)N1CC(c2ccnc(F)c2)C1.CC(C)(C)OC(=O)N1C[CH-]C1.Fc1cc(Br)ccn1.Fc1cc(C2CNC2)ccn1.[Zn+][I].[Zn]. The Balaban J connectivity index is 0.000000397. The Morgan fingerprint density at radius 2 is 1.03 bits per heavy atom. The van der Waals surface area contributed by atoms with Crippen molar-refractivity contribution in [1.29, 1.82) is 0 Å². The number of likely N-dealkylation sites (tertiary alicyclic amines) is 3. The monoisotopic (exact) mass is 1270 g/mol. The van der Waals surface area contributed by atoms with Gasteiger partial charge in [0.05, 0.1) is 0 Å². The van der Waals surface area contributed by atoms with Gasteiger partial charge in [-0.3, -0.25) is 6.42 Å². The number of rotatable bonds is 2. The zero-order valence-electron chi connectivity index (χ0n) is 37.5. The number of nitrogens with zero attached hydrogens (tertiary/aromatic N) is 6. The number of amides is 3. The van der Waals surface area contributed by atoms with Gasteiger partial charge in [-0.15, -0.1) is 13.1 Å². The smallest absolute Gasteiger partial charge is 0 e. The standard InChI is InChI=1S/C13H17FN2O2.C8H9FN2.C8H14INO2.C8H14NO2.C5H3BrFN.HI.2Zn/c1-13(2,3)18-12(17)16-7-10(8-16)9-4-5-15-11(14)6-9;9-8-3-6(1-2-11-8)7-4-10-5-7;1-8(2,3)12-7(11)10-4-6(9)5-10;1-8(2,3)11-7(10)9-5-4-6-9;6-4-1-2-8-5(7)3-4;;;/h4-6,10H,7-8H2,1-3H3;1-3,7,10H,4-5H2;6H,4-5H2,1-3H3;4H,5-6H2,1-3H3;1-3H;1H;;/q;;;-1;;;;+2/p-1. The molecule has 0 radical (unpaired) electrons. The summed E-state index contributed by atoms with van der Waals surface area (Å²) in [5.41, 5.74) is 0.712. The van der Waals surface area contributed by atoms with Crippen LogP contribution in [0.3, 0.4) is 0 Å². The Labute approximate surface area is 425 Å². The fourth-order valence-electron chi connectivity index (χ4n) is 5.05. The predicted octanol–water partition coefficient (Wildman–Crippen LogP) is 9.81. The van der Waals surface area contributed by atoms with Crippen molar-refractivity contribution in [3.63, 3.8) is 0 Å². The third-order valence-corrected chi connectivity index (χ3v) is 9.57. The third kappa shape index (κ3) is 24.5. The summed E-state index contributed by atoms with van der Waals surface area (Å²) in [6.07, 6.45) is 5.69. The fourth-order valence-corrected chi connectivity index (χ4v) is 6.30. The number of ether oxygens (including phenoxy) is 3. The molecule has 7 heterocycles. The first-order valence-electron chi connectivity index (χ1n) is 19.7. The number of carbonyl (C=O) groups is 3. The van der Waals surface area contributed by atoms with Crippen molar-refractivity contribution < 1.29 is 76.0 Å². The minimum absolute atomic E-state index is 0. The second-order valence-corrected chi connectivity index (χ2v) is 19.9. The van der Waals surface area contributed by atoms with Crippen LogP contribution < -0.4 is 5.32 Å². The van der Waals surface area contributed by atoms with Gasteiger partial charge in [-0.1, -0.05) is 38.5 Å². The largest absolute Gasteiger partial charge is 0 e. The van der Waals surface area contributed by atoms with Crippen LogP contribution in [0.4, 0.5) is 27.6 Å². The Morgan fingerprint density at radius 1 is 0.667 bits per heavy atom. The molecule has 3 amide bonds. The summed E-state index contributed by atoms with van der Waals surface area (Å²) in [5.74, 6) is -0.653. The van der Waals surface area contributed by atoms with Crippen molar-refractivity contribution in [3.05, 3.63) is 94.9 Å². The Morgan fingerprint density at radius 3 is 1.32 bits per heavy atom. The summed E-state index contributed by atoms with van der Waals surface area (Å²) in [6.45, 7) is 22.9. The normalized spacial score (nSPS) is 15.7. The van der Waals surface area contributed by atoms with Crippen LogP contribution in [0.2, 0.25) is 0 Å². The van der Waals surface area contributed by atoms with Crippen molar-refractivity contribution in [2.24, 2.45) is 0 Å². The molecule has 3 aromatic heterocycles. The molecule has 0 atom stereocenters. The molecule has 21 heteroatoms. The zero-order valence-corrected chi connectivity index (χ0v) is 49.3. The van der Waals surface area contributed by atoms with Crippen molar-refractivity contribution in [1.82, 2.24) is 35.0 Å². The van der Waals surface area contributed by atoms with Gasteiger partial charge in [-0.05, 0) is 104 Å². The minimum atomic E-state index is -0.483. The summed E-state index contributed by atoms with van der Waals surface area (Å²) < 4.78 is 54.4. The van der Waals surface area contributed by atoms with E-state index in [1.807, 2.05) is 74.8 Å². The molecular formula is C42H57BrF3I2N7O6Zn2. The fraction of sp³-hybridized carbons (Fsp3) is 0.548. The van der Waals surface area contributed by atoms with Crippen LogP contribution in [-0.2, 0) is 48.5 Å². The van der Waals surface area contributed by atoms with E-state index in [0.717, 1.165) is 50.4 Å². The molecule has 4 saturated heterocycles. The van der Waals surface area contributed by atoms with Crippen LogP contribution in [0.15, 0.2) is 59.5 Å². The van der Waals surface area contributed by atoms with Crippen molar-refractivity contribution in [2.45, 2.75) is 94.9 Å². The van der Waals surface area contributed by atoms with E-state index in [4.69, 9.17) is 14.2 Å². The van der Waals surface area contributed by atoms with E-state index in [0.29, 0.717) is 27.4 Å². The van der Waals surface area contributed by atoms with E-state index in [9.17, 15) is 27.6 Å². The van der Waals surface area contributed by atoms with Gasteiger partial charge in [0.1, 0.15) is 16.8 Å². The Hall–Kier alpha value is -1.80. The topological polar surface area (TPSA) is 139 Å². The predicted molar refractivity (Wildman–Crippen MR) is 248 cm³/mol. The number of pyridine rings is 3. The van der Waals surface area contributed by atoms with Gasteiger partial charge in [-0.2, -0.15) is 13.2 Å². The van der Waals surface area contributed by atoms with Crippen LogP contribution in [-0.4, -0.2) is 121 Å². The molecule has 0 unspecified atom stereocenters. The number of hydrogen-bond acceptors (Lipinski definition) is 10. The number of aromatic nitrogens is 3. The van der Waals surface area contributed by atoms with Crippen molar-refractivity contribution in [3.8, 4) is 0 Å². The van der Waals surface area contributed by atoms with Gasteiger partial charge < -0.3 is 34.2 Å². The number of hydrogen-bond donors (Lipinski definition) is 1. The molecule has 0 aliphatic carbocycles. The summed E-state index contributed by atoms with van der Waals surface area (Å²) in [4.78, 5) is 49.5. The van der Waals surface area contributed by atoms with Crippen LogP contribution in [0, 0.1) is 24.3 Å². The second kappa shape index (κ2) is 28.4. The maximum atomic E-state index is 12.9. The quantitative estimate of drug-likeness (QED) is 0.0659. The van der Waals surface area contributed by atoms with E-state index < -0.39 is 17.5 Å². The molecular weight excluding hydrogens is 1220 g/mol. The molecule has 0 bridgehead atoms. The second-order valence-electron chi connectivity index (χ2n) is 17.2. The van der Waals surface area contributed by atoms with Gasteiger partial charge in [0.25, 0.3) is 0 Å². The maximum Gasteiger partial charge on any atom is 0 e. The average Bonchev–Trinajstić information content (AvgIpc) is 3.04. The number of nitrogens with one attached hydrogen (secondary N) is 1.